The number of aryl methyl sites for hydroxylation is 1. The molecule has 0 spiro atoms. The molecule has 0 bridgehead atoms. The molecule has 1 atom stereocenters. The van der Waals surface area contributed by atoms with Gasteiger partial charge in [-0.05, 0) is 6.92 Å². The molecule has 0 fully saturated rings. The molecule has 0 radical (unpaired) electrons. The van der Waals surface area contributed by atoms with Crippen molar-refractivity contribution in [2.45, 2.75) is 13.5 Å². The Balaban J connectivity index is 2.16. The fraction of sp³-hybridized carbons (Fsp3) is 0.625. The summed E-state index contributed by atoms with van der Waals surface area (Å²) in [5.74, 6) is 0.711. The molecule has 0 aliphatic carbocycles. The second kappa shape index (κ2) is 5.47. The van der Waals surface area contributed by atoms with Crippen LogP contribution in [0.5, 0.6) is 0 Å². The van der Waals surface area contributed by atoms with Crippen molar-refractivity contribution in [1.29, 1.82) is 0 Å². The monoisotopic (exact) mass is 218 g/mol. The Hall–Kier alpha value is -0.260. The fourth-order valence-corrected chi connectivity index (χ4v) is 1.97. The first-order valence-corrected chi connectivity index (χ1v) is 6.71. The van der Waals surface area contributed by atoms with Crippen molar-refractivity contribution >= 4 is 22.1 Å². The Morgan fingerprint density at radius 3 is 3.00 bits per heavy atom. The summed E-state index contributed by atoms with van der Waals surface area (Å²) in [6, 6.07) is 0. The molecule has 1 heterocycles. The zero-order valence-corrected chi connectivity index (χ0v) is 9.50. The first-order valence-electron chi connectivity index (χ1n) is 4.10. The van der Waals surface area contributed by atoms with Gasteiger partial charge in [-0.15, -0.1) is 11.3 Å². The molecular formula is C8H14N2OS2. The van der Waals surface area contributed by atoms with Crippen molar-refractivity contribution in [1.82, 2.24) is 10.3 Å². The highest BCUT2D eigenvalue weighted by molar-refractivity contribution is 7.84. The van der Waals surface area contributed by atoms with Gasteiger partial charge < -0.3 is 5.32 Å². The van der Waals surface area contributed by atoms with Gasteiger partial charge >= 0.3 is 0 Å². The van der Waals surface area contributed by atoms with E-state index < -0.39 is 10.8 Å². The van der Waals surface area contributed by atoms with Gasteiger partial charge in [0.1, 0.15) is 0 Å². The van der Waals surface area contributed by atoms with Crippen molar-refractivity contribution in [2.24, 2.45) is 0 Å². The van der Waals surface area contributed by atoms with E-state index in [1.807, 2.05) is 12.3 Å². The van der Waals surface area contributed by atoms with Crippen molar-refractivity contribution in [3.63, 3.8) is 0 Å². The molecule has 13 heavy (non-hydrogen) atoms. The Kier molecular flexibility index (Phi) is 4.55. The largest absolute Gasteiger partial charge is 0.310 e. The lowest BCUT2D eigenvalue weighted by molar-refractivity contribution is 0.674. The van der Waals surface area contributed by atoms with Crippen LogP contribution in [0.3, 0.4) is 0 Å². The average Bonchev–Trinajstić information content (AvgIpc) is 2.45. The summed E-state index contributed by atoms with van der Waals surface area (Å²) in [6.07, 6.45) is 1.72. The molecule has 0 aliphatic heterocycles. The molecule has 0 saturated carbocycles. The predicted molar refractivity (Wildman–Crippen MR) is 57.5 cm³/mol. The smallest absolute Gasteiger partial charge is 0.0897 e. The minimum Gasteiger partial charge on any atom is -0.310 e. The number of thiazole rings is 1. The Bertz CT molecular complexity index is 285. The van der Waals surface area contributed by atoms with E-state index in [4.69, 9.17) is 0 Å². The normalized spacial score (nSPS) is 13.1. The van der Waals surface area contributed by atoms with Crippen molar-refractivity contribution in [2.75, 3.05) is 18.6 Å². The van der Waals surface area contributed by atoms with E-state index in [9.17, 15) is 4.21 Å². The van der Waals surface area contributed by atoms with E-state index in [2.05, 4.69) is 10.3 Å². The Morgan fingerprint density at radius 2 is 2.46 bits per heavy atom. The maximum atomic E-state index is 10.7. The van der Waals surface area contributed by atoms with Crippen LogP contribution in [0.2, 0.25) is 0 Å². The maximum absolute atomic E-state index is 10.7. The number of hydrogen-bond acceptors (Lipinski definition) is 4. The molecule has 3 nitrogen and oxygen atoms in total. The highest BCUT2D eigenvalue weighted by Crippen LogP contribution is 2.06. The topological polar surface area (TPSA) is 42.0 Å². The fourth-order valence-electron chi connectivity index (χ4n) is 0.922. The molecule has 1 unspecified atom stereocenters. The van der Waals surface area contributed by atoms with Crippen LogP contribution in [0.4, 0.5) is 0 Å². The Labute approximate surface area is 85.0 Å². The second-order valence-corrected chi connectivity index (χ2v) is 5.43. The Morgan fingerprint density at radius 1 is 1.69 bits per heavy atom. The van der Waals surface area contributed by atoms with Gasteiger partial charge in [-0.2, -0.15) is 0 Å². The summed E-state index contributed by atoms with van der Waals surface area (Å²) in [6.45, 7) is 3.57. The second-order valence-electron chi connectivity index (χ2n) is 2.81. The van der Waals surface area contributed by atoms with Crippen LogP contribution in [-0.2, 0) is 17.3 Å². The van der Waals surface area contributed by atoms with Crippen LogP contribution < -0.4 is 5.32 Å². The molecule has 1 rings (SSSR count). The van der Waals surface area contributed by atoms with Gasteiger partial charge in [0, 0.05) is 41.3 Å². The molecule has 0 aliphatic rings. The van der Waals surface area contributed by atoms with E-state index in [0.29, 0.717) is 5.75 Å². The summed E-state index contributed by atoms with van der Waals surface area (Å²) < 4.78 is 10.7. The summed E-state index contributed by atoms with van der Waals surface area (Å²) in [5.41, 5.74) is 1.07. The van der Waals surface area contributed by atoms with Crippen LogP contribution in [0.15, 0.2) is 5.38 Å². The minimum absolute atomic E-state index is 0.699. The minimum atomic E-state index is -0.699. The first-order chi connectivity index (χ1) is 6.18. The van der Waals surface area contributed by atoms with Gasteiger partial charge in [-0.3, -0.25) is 4.21 Å². The molecule has 0 aromatic carbocycles. The number of hydrogen-bond donors (Lipinski definition) is 1. The molecular weight excluding hydrogens is 204 g/mol. The number of aromatic nitrogens is 1. The van der Waals surface area contributed by atoms with Crippen LogP contribution in [0, 0.1) is 6.92 Å². The molecule has 74 valence electrons. The molecule has 1 aromatic heterocycles. The van der Waals surface area contributed by atoms with E-state index in [0.717, 1.165) is 23.8 Å². The van der Waals surface area contributed by atoms with E-state index in [-0.39, 0.29) is 0 Å². The van der Waals surface area contributed by atoms with Crippen molar-refractivity contribution in [3.05, 3.63) is 16.1 Å². The van der Waals surface area contributed by atoms with E-state index >= 15 is 0 Å². The zero-order valence-electron chi connectivity index (χ0n) is 7.87. The lowest BCUT2D eigenvalue weighted by atomic mass is 10.5. The molecule has 0 saturated heterocycles. The molecule has 5 heteroatoms. The average molecular weight is 218 g/mol. The van der Waals surface area contributed by atoms with E-state index in [1.165, 1.54) is 0 Å². The highest BCUT2D eigenvalue weighted by Gasteiger charge is 1.97. The number of nitrogens with one attached hydrogen (secondary N) is 1. The summed E-state index contributed by atoms with van der Waals surface area (Å²) >= 11 is 1.66. The lowest BCUT2D eigenvalue weighted by Gasteiger charge is -1.99. The molecule has 0 amide bonds. The third kappa shape index (κ3) is 4.50. The lowest BCUT2D eigenvalue weighted by Crippen LogP contribution is -2.19. The van der Waals surface area contributed by atoms with Crippen molar-refractivity contribution in [3.8, 4) is 0 Å². The summed E-state index contributed by atoms with van der Waals surface area (Å²) in [7, 11) is -0.699. The maximum Gasteiger partial charge on any atom is 0.0897 e. The quantitative estimate of drug-likeness (QED) is 0.747. The number of nitrogens with zero attached hydrogens (tertiary/aromatic N) is 1. The summed E-state index contributed by atoms with van der Waals surface area (Å²) in [5, 5.41) is 6.34. The third-order valence-corrected chi connectivity index (χ3v) is 3.14. The van der Waals surface area contributed by atoms with Crippen LogP contribution >= 0.6 is 11.3 Å². The van der Waals surface area contributed by atoms with Gasteiger partial charge in [-0.1, -0.05) is 0 Å². The van der Waals surface area contributed by atoms with Crippen LogP contribution in [-0.4, -0.2) is 27.7 Å². The van der Waals surface area contributed by atoms with Gasteiger partial charge in [0.25, 0.3) is 0 Å². The van der Waals surface area contributed by atoms with Crippen LogP contribution in [0.25, 0.3) is 0 Å². The molecule has 1 N–H and O–H groups in total. The predicted octanol–water partition coefficient (Wildman–Crippen LogP) is 0.920. The van der Waals surface area contributed by atoms with Crippen LogP contribution in [0.1, 0.15) is 10.7 Å². The summed E-state index contributed by atoms with van der Waals surface area (Å²) in [4.78, 5) is 4.31. The zero-order chi connectivity index (χ0) is 9.68. The van der Waals surface area contributed by atoms with Gasteiger partial charge in [0.15, 0.2) is 0 Å². The standard InChI is InChI=1S/C8H14N2OS2/c1-7-10-8(6-12-7)5-9-3-4-13(2)11/h6,9H,3-5H2,1-2H3. The van der Waals surface area contributed by atoms with Gasteiger partial charge in [-0.25, -0.2) is 4.98 Å². The number of rotatable bonds is 5. The van der Waals surface area contributed by atoms with E-state index in [1.54, 1.807) is 17.6 Å². The molecule has 1 aromatic rings. The third-order valence-electron chi connectivity index (χ3n) is 1.54. The van der Waals surface area contributed by atoms with Crippen molar-refractivity contribution < 1.29 is 4.21 Å². The SMILES string of the molecule is Cc1nc(CNCCS(C)=O)cs1. The van der Waals surface area contributed by atoms with Gasteiger partial charge in [0.05, 0.1) is 10.7 Å². The van der Waals surface area contributed by atoms with Gasteiger partial charge in [0.2, 0.25) is 0 Å². The first kappa shape index (κ1) is 10.8. The highest BCUT2D eigenvalue weighted by atomic mass is 32.2.